The number of likely N-dealkylation sites (tertiary alicyclic amines) is 1. The molecule has 2 saturated heterocycles. The first-order valence-electron chi connectivity index (χ1n) is 14.9. The number of hydrogen-bond donors (Lipinski definition) is 1. The first-order valence-corrected chi connectivity index (χ1v) is 16.1. The maximum Gasteiger partial charge on any atom is 0.416 e. The number of halogens is 4. The van der Waals surface area contributed by atoms with Crippen LogP contribution in [0.1, 0.15) is 54.0 Å². The molecule has 1 amide bonds. The lowest BCUT2D eigenvalue weighted by atomic mass is 10.1. The van der Waals surface area contributed by atoms with Crippen molar-refractivity contribution in [2.24, 2.45) is 0 Å². The average Bonchev–Trinajstić information content (AvgIpc) is 3.61. The van der Waals surface area contributed by atoms with Crippen LogP contribution in [0.25, 0.3) is 11.3 Å². The molecule has 15 heteroatoms. The van der Waals surface area contributed by atoms with Gasteiger partial charge in [0.25, 0.3) is 5.91 Å². The highest BCUT2D eigenvalue weighted by Gasteiger charge is 2.32. The van der Waals surface area contributed by atoms with Gasteiger partial charge in [0.2, 0.25) is 0 Å². The molecule has 0 aliphatic carbocycles. The molecule has 0 spiro atoms. The molecule has 4 heterocycles. The van der Waals surface area contributed by atoms with E-state index in [0.29, 0.717) is 56.8 Å². The molecule has 10 nitrogen and oxygen atoms in total. The van der Waals surface area contributed by atoms with Crippen molar-refractivity contribution in [3.8, 4) is 11.3 Å². The summed E-state index contributed by atoms with van der Waals surface area (Å²) in [6, 6.07) is 3.70. The average molecular weight is 666 g/mol. The standard InChI is InChI=1S/C30H35ClF3N7O3S/c1-3-44-26(42)6-8-39-9-11-40(12-10-39)25-17-35-23(16-36-25)28(43)38-29-37-27(24(45-29)18-41-7-4-5-19(41)2)20-13-21(30(32,33)34)15-22(31)14-20/h13-17,19H,3-12,18H2,1-2H3,(H,37,38,43). The van der Waals surface area contributed by atoms with Crippen LogP contribution in [-0.4, -0.2) is 88.5 Å². The summed E-state index contributed by atoms with van der Waals surface area (Å²) in [4.78, 5) is 45.3. The number of alkyl halides is 3. The van der Waals surface area contributed by atoms with Crippen LogP contribution in [0.2, 0.25) is 5.02 Å². The molecule has 2 aliphatic heterocycles. The third-order valence-electron chi connectivity index (χ3n) is 7.96. The van der Waals surface area contributed by atoms with Crippen LogP contribution in [0.4, 0.5) is 24.1 Å². The van der Waals surface area contributed by atoms with Crippen LogP contribution in [0, 0.1) is 0 Å². The molecule has 1 aromatic carbocycles. The van der Waals surface area contributed by atoms with E-state index in [9.17, 15) is 22.8 Å². The molecule has 1 unspecified atom stereocenters. The number of aromatic nitrogens is 3. The SMILES string of the molecule is CCOC(=O)CCN1CCN(c2cnc(C(=O)Nc3nc(-c4cc(Cl)cc(C(F)(F)F)c4)c(CN4CCCC4C)s3)cn2)CC1. The van der Waals surface area contributed by atoms with Gasteiger partial charge in [0, 0.05) is 60.8 Å². The van der Waals surface area contributed by atoms with E-state index >= 15 is 0 Å². The van der Waals surface area contributed by atoms with E-state index in [4.69, 9.17) is 16.3 Å². The highest BCUT2D eigenvalue weighted by molar-refractivity contribution is 7.16. The lowest BCUT2D eigenvalue weighted by molar-refractivity contribution is -0.143. The van der Waals surface area contributed by atoms with Crippen molar-refractivity contribution in [2.75, 3.05) is 56.1 Å². The smallest absolute Gasteiger partial charge is 0.416 e. The van der Waals surface area contributed by atoms with E-state index in [1.54, 1.807) is 13.1 Å². The Morgan fingerprint density at radius 2 is 1.89 bits per heavy atom. The zero-order chi connectivity index (χ0) is 32.1. The maximum absolute atomic E-state index is 13.6. The lowest BCUT2D eigenvalue weighted by Gasteiger charge is -2.35. The second-order valence-electron chi connectivity index (χ2n) is 11.1. The normalized spacial score (nSPS) is 17.9. The summed E-state index contributed by atoms with van der Waals surface area (Å²) < 4.78 is 45.7. The Balaban J connectivity index is 1.27. The van der Waals surface area contributed by atoms with Crippen LogP contribution < -0.4 is 10.2 Å². The highest BCUT2D eigenvalue weighted by atomic mass is 35.5. The summed E-state index contributed by atoms with van der Waals surface area (Å²) in [5.41, 5.74) is -0.193. The second-order valence-corrected chi connectivity index (χ2v) is 12.6. The van der Waals surface area contributed by atoms with Crippen LogP contribution in [0.3, 0.4) is 0 Å². The van der Waals surface area contributed by atoms with Crippen molar-refractivity contribution in [3.05, 3.63) is 51.7 Å². The van der Waals surface area contributed by atoms with Crippen molar-refractivity contribution >= 4 is 45.8 Å². The molecule has 1 atom stereocenters. The van der Waals surface area contributed by atoms with Gasteiger partial charge in [-0.3, -0.25) is 24.7 Å². The van der Waals surface area contributed by atoms with E-state index in [-0.39, 0.29) is 27.4 Å². The topological polar surface area (TPSA) is 104 Å². The number of esters is 1. The Hall–Kier alpha value is -3.33. The van der Waals surface area contributed by atoms with Crippen LogP contribution in [0.15, 0.2) is 30.6 Å². The number of benzene rings is 1. The van der Waals surface area contributed by atoms with Crippen molar-refractivity contribution < 1.29 is 27.5 Å². The van der Waals surface area contributed by atoms with Crippen molar-refractivity contribution in [2.45, 2.75) is 51.9 Å². The van der Waals surface area contributed by atoms with E-state index < -0.39 is 17.6 Å². The summed E-state index contributed by atoms with van der Waals surface area (Å²) in [5, 5.41) is 2.95. The number of carbonyl (C=O) groups is 2. The number of piperazine rings is 1. The lowest BCUT2D eigenvalue weighted by Crippen LogP contribution is -2.47. The molecule has 2 aromatic heterocycles. The molecule has 242 valence electrons. The summed E-state index contributed by atoms with van der Waals surface area (Å²) in [5.74, 6) is -0.0935. The molecule has 0 saturated carbocycles. The van der Waals surface area contributed by atoms with Gasteiger partial charge >= 0.3 is 12.1 Å². The number of carbonyl (C=O) groups excluding carboxylic acids is 2. The second kappa shape index (κ2) is 14.4. The molecule has 0 radical (unpaired) electrons. The van der Waals surface area contributed by atoms with Gasteiger partial charge < -0.3 is 9.64 Å². The largest absolute Gasteiger partial charge is 0.466 e. The minimum Gasteiger partial charge on any atom is -0.466 e. The molecule has 3 aromatic rings. The Morgan fingerprint density at radius 1 is 1.11 bits per heavy atom. The minimum atomic E-state index is -4.57. The summed E-state index contributed by atoms with van der Waals surface area (Å²) in [7, 11) is 0. The van der Waals surface area contributed by atoms with Gasteiger partial charge in [0.1, 0.15) is 11.5 Å². The van der Waals surface area contributed by atoms with Gasteiger partial charge in [-0.25, -0.2) is 15.0 Å². The quantitative estimate of drug-likeness (QED) is 0.278. The van der Waals surface area contributed by atoms with Gasteiger partial charge in [-0.15, -0.1) is 0 Å². The Morgan fingerprint density at radius 3 is 2.53 bits per heavy atom. The third-order valence-corrected chi connectivity index (χ3v) is 9.13. The zero-order valence-corrected chi connectivity index (χ0v) is 26.6. The molecule has 0 bridgehead atoms. The fourth-order valence-corrected chi connectivity index (χ4v) is 6.73. The van der Waals surface area contributed by atoms with Gasteiger partial charge in [0.05, 0.1) is 36.7 Å². The van der Waals surface area contributed by atoms with E-state index in [2.05, 4.69) is 41.9 Å². The number of thiazole rings is 1. The fraction of sp³-hybridized carbons (Fsp3) is 0.500. The molecular formula is C30H35ClF3N7O3S. The number of ether oxygens (including phenoxy) is 1. The van der Waals surface area contributed by atoms with Crippen LogP contribution in [0.5, 0.6) is 0 Å². The number of amides is 1. The van der Waals surface area contributed by atoms with Crippen LogP contribution >= 0.6 is 22.9 Å². The zero-order valence-electron chi connectivity index (χ0n) is 25.1. The first kappa shape index (κ1) is 33.0. The maximum atomic E-state index is 13.6. The summed E-state index contributed by atoms with van der Waals surface area (Å²) in [6.45, 7) is 9.17. The number of nitrogens with one attached hydrogen (secondary N) is 1. The Labute approximate surface area is 268 Å². The van der Waals surface area contributed by atoms with Gasteiger partial charge in [-0.05, 0) is 51.4 Å². The summed E-state index contributed by atoms with van der Waals surface area (Å²) in [6.07, 6.45) is 0.789. The Bertz CT molecular complexity index is 1500. The van der Waals surface area contributed by atoms with Crippen LogP contribution in [-0.2, 0) is 22.3 Å². The molecule has 2 fully saturated rings. The Kier molecular flexibility index (Phi) is 10.6. The van der Waals surface area contributed by atoms with Crippen molar-refractivity contribution in [3.63, 3.8) is 0 Å². The van der Waals surface area contributed by atoms with Gasteiger partial charge in [-0.1, -0.05) is 22.9 Å². The highest BCUT2D eigenvalue weighted by Crippen LogP contribution is 2.39. The predicted molar refractivity (Wildman–Crippen MR) is 167 cm³/mol. The molecular weight excluding hydrogens is 631 g/mol. The van der Waals surface area contributed by atoms with Gasteiger partial charge in [0.15, 0.2) is 5.13 Å². The number of nitrogens with zero attached hydrogens (tertiary/aromatic N) is 6. The minimum absolute atomic E-state index is 0.0487. The first-order chi connectivity index (χ1) is 21.5. The van der Waals surface area contributed by atoms with E-state index in [1.165, 1.54) is 23.6 Å². The fourth-order valence-electron chi connectivity index (χ4n) is 5.49. The molecule has 5 rings (SSSR count). The van der Waals surface area contributed by atoms with Crippen molar-refractivity contribution in [1.29, 1.82) is 0 Å². The number of anilines is 2. The molecule has 45 heavy (non-hydrogen) atoms. The monoisotopic (exact) mass is 665 g/mol. The summed E-state index contributed by atoms with van der Waals surface area (Å²) >= 11 is 7.31. The van der Waals surface area contributed by atoms with E-state index in [0.717, 1.165) is 49.5 Å². The molecule has 1 N–H and O–H groups in total. The number of hydrogen-bond acceptors (Lipinski definition) is 10. The predicted octanol–water partition coefficient (Wildman–Crippen LogP) is 5.58. The van der Waals surface area contributed by atoms with Crippen molar-refractivity contribution in [1.82, 2.24) is 24.8 Å². The molecule has 2 aliphatic rings. The third kappa shape index (κ3) is 8.48. The number of rotatable bonds is 10. The van der Waals surface area contributed by atoms with Gasteiger partial charge in [-0.2, -0.15) is 13.2 Å². The van der Waals surface area contributed by atoms with E-state index in [1.807, 2.05) is 0 Å².